The number of hydrogen-bond acceptors (Lipinski definition) is 5. The van der Waals surface area contributed by atoms with Gasteiger partial charge in [-0.3, -0.25) is 4.98 Å². The van der Waals surface area contributed by atoms with Crippen molar-refractivity contribution < 1.29 is 4.74 Å². The molecule has 2 heterocycles. The van der Waals surface area contributed by atoms with Crippen molar-refractivity contribution in [1.82, 2.24) is 9.97 Å². The van der Waals surface area contributed by atoms with Gasteiger partial charge in [0, 0.05) is 24.7 Å². The van der Waals surface area contributed by atoms with Gasteiger partial charge in [-0.1, -0.05) is 24.7 Å². The van der Waals surface area contributed by atoms with Gasteiger partial charge in [0.15, 0.2) is 5.13 Å². The van der Waals surface area contributed by atoms with Crippen molar-refractivity contribution >= 4 is 37.6 Å². The molecule has 1 N–H and O–H groups in total. The maximum absolute atomic E-state index is 5.91. The predicted octanol–water partition coefficient (Wildman–Crippen LogP) is 4.07. The van der Waals surface area contributed by atoms with Crippen molar-refractivity contribution in [2.24, 2.45) is 0 Å². The predicted molar refractivity (Wildman–Crippen MR) is 84.9 cm³/mol. The fourth-order valence-electron chi connectivity index (χ4n) is 2.15. The maximum atomic E-state index is 5.91. The average Bonchev–Trinajstić information content (AvgIpc) is 2.91. The number of fused-ring (bicyclic) bond motifs is 3. The van der Waals surface area contributed by atoms with Crippen LogP contribution >= 0.6 is 11.3 Å². The molecular formula is C15H17N3OS. The Hall–Kier alpha value is -1.88. The lowest BCUT2D eigenvalue weighted by Crippen LogP contribution is -1.98. The molecule has 0 aliphatic carbocycles. The summed E-state index contributed by atoms with van der Waals surface area (Å²) in [6, 6.07) is 6.05. The first-order valence-electron chi connectivity index (χ1n) is 6.82. The number of nitrogens with one attached hydrogen (secondary N) is 1. The van der Waals surface area contributed by atoms with Crippen LogP contribution in [0.1, 0.15) is 19.8 Å². The first-order valence-corrected chi connectivity index (χ1v) is 7.64. The van der Waals surface area contributed by atoms with E-state index < -0.39 is 0 Å². The molecule has 3 rings (SSSR count). The number of rotatable bonds is 5. The third kappa shape index (κ3) is 2.29. The van der Waals surface area contributed by atoms with Crippen molar-refractivity contribution in [3.05, 3.63) is 24.4 Å². The topological polar surface area (TPSA) is 47.0 Å². The number of hydrogen-bond donors (Lipinski definition) is 1. The van der Waals surface area contributed by atoms with Crippen LogP contribution in [0.15, 0.2) is 24.4 Å². The molecule has 0 saturated carbocycles. The van der Waals surface area contributed by atoms with Crippen molar-refractivity contribution in [2.45, 2.75) is 19.8 Å². The molecule has 104 valence electrons. The van der Waals surface area contributed by atoms with Gasteiger partial charge in [-0.2, -0.15) is 0 Å². The van der Waals surface area contributed by atoms with Crippen molar-refractivity contribution in [1.29, 1.82) is 0 Å². The van der Waals surface area contributed by atoms with E-state index in [1.807, 2.05) is 13.1 Å². The van der Waals surface area contributed by atoms with E-state index in [9.17, 15) is 0 Å². The Morgan fingerprint density at radius 1 is 1.35 bits per heavy atom. The van der Waals surface area contributed by atoms with E-state index in [4.69, 9.17) is 4.74 Å². The zero-order valence-electron chi connectivity index (χ0n) is 11.6. The highest BCUT2D eigenvalue weighted by molar-refractivity contribution is 7.22. The second-order valence-electron chi connectivity index (χ2n) is 4.59. The van der Waals surface area contributed by atoms with Crippen molar-refractivity contribution in [2.75, 3.05) is 19.0 Å². The van der Waals surface area contributed by atoms with Crippen molar-refractivity contribution in [3.63, 3.8) is 0 Å². The molecule has 4 nitrogen and oxygen atoms in total. The van der Waals surface area contributed by atoms with E-state index >= 15 is 0 Å². The van der Waals surface area contributed by atoms with Gasteiger partial charge in [0.1, 0.15) is 11.3 Å². The lowest BCUT2D eigenvalue weighted by atomic mass is 10.2. The summed E-state index contributed by atoms with van der Waals surface area (Å²) in [5, 5.41) is 5.06. The molecule has 0 radical (unpaired) electrons. The fourth-order valence-corrected chi connectivity index (χ4v) is 3.01. The summed E-state index contributed by atoms with van der Waals surface area (Å²) in [6.07, 6.45) is 3.97. The Morgan fingerprint density at radius 3 is 3.05 bits per heavy atom. The average molecular weight is 287 g/mol. The second-order valence-corrected chi connectivity index (χ2v) is 5.62. The molecule has 0 unspecified atom stereocenters. The standard InChI is InChI=1S/C15H17N3OS/c1-3-4-8-19-11-9-12-14(18-15(16-2)20-12)10-6-5-7-17-13(10)11/h5-7,9H,3-4,8H2,1-2H3,(H,16,18). The molecule has 20 heavy (non-hydrogen) atoms. The van der Waals surface area contributed by atoms with Gasteiger partial charge in [0.2, 0.25) is 0 Å². The van der Waals surface area contributed by atoms with Gasteiger partial charge in [-0.05, 0) is 18.6 Å². The molecule has 3 aromatic rings. The summed E-state index contributed by atoms with van der Waals surface area (Å²) in [7, 11) is 1.89. The number of thiazole rings is 1. The number of ether oxygens (including phenoxy) is 1. The summed E-state index contributed by atoms with van der Waals surface area (Å²) in [5.74, 6) is 0.854. The van der Waals surface area contributed by atoms with Crippen LogP contribution in [0.25, 0.3) is 21.1 Å². The van der Waals surface area contributed by atoms with E-state index in [1.165, 1.54) is 0 Å². The number of nitrogens with zero attached hydrogens (tertiary/aromatic N) is 2. The molecule has 2 aromatic heterocycles. The lowest BCUT2D eigenvalue weighted by Gasteiger charge is -2.08. The number of anilines is 1. The van der Waals surface area contributed by atoms with E-state index in [1.54, 1.807) is 17.5 Å². The van der Waals surface area contributed by atoms with Crippen LogP contribution in [0.4, 0.5) is 5.13 Å². The Balaban J connectivity index is 2.16. The minimum atomic E-state index is 0.728. The zero-order valence-corrected chi connectivity index (χ0v) is 12.5. The van der Waals surface area contributed by atoms with Crippen LogP contribution in [-0.2, 0) is 0 Å². The molecule has 0 bridgehead atoms. The van der Waals surface area contributed by atoms with Gasteiger partial charge in [0.05, 0.1) is 16.8 Å². The van der Waals surface area contributed by atoms with Gasteiger partial charge >= 0.3 is 0 Å². The van der Waals surface area contributed by atoms with Crippen LogP contribution < -0.4 is 10.1 Å². The highest BCUT2D eigenvalue weighted by Gasteiger charge is 2.12. The summed E-state index contributed by atoms with van der Waals surface area (Å²) >= 11 is 1.64. The largest absolute Gasteiger partial charge is 0.491 e. The monoisotopic (exact) mass is 287 g/mol. The van der Waals surface area contributed by atoms with Crippen molar-refractivity contribution in [3.8, 4) is 5.75 Å². The molecule has 5 heteroatoms. The normalized spacial score (nSPS) is 11.1. The second kappa shape index (κ2) is 5.63. The van der Waals surface area contributed by atoms with E-state index in [2.05, 4.69) is 34.3 Å². The first kappa shape index (κ1) is 13.1. The number of pyridine rings is 1. The minimum absolute atomic E-state index is 0.728. The maximum Gasteiger partial charge on any atom is 0.183 e. The Bertz CT molecular complexity index is 738. The molecule has 0 aliphatic heterocycles. The molecule has 0 amide bonds. The fraction of sp³-hybridized carbons (Fsp3) is 0.333. The number of unbranched alkanes of at least 4 members (excludes halogenated alkanes) is 1. The van der Waals surface area contributed by atoms with Crippen LogP contribution in [0.2, 0.25) is 0 Å². The molecular weight excluding hydrogens is 270 g/mol. The van der Waals surface area contributed by atoms with Gasteiger partial charge in [0.25, 0.3) is 0 Å². The molecule has 0 atom stereocenters. The van der Waals surface area contributed by atoms with Crippen LogP contribution in [0, 0.1) is 0 Å². The highest BCUT2D eigenvalue weighted by Crippen LogP contribution is 2.36. The summed E-state index contributed by atoms with van der Waals surface area (Å²) in [6.45, 7) is 2.89. The van der Waals surface area contributed by atoms with Gasteiger partial charge in [-0.25, -0.2) is 4.98 Å². The Labute approximate surface area is 121 Å². The van der Waals surface area contributed by atoms with Crippen LogP contribution in [0.5, 0.6) is 5.75 Å². The summed E-state index contributed by atoms with van der Waals surface area (Å²) in [4.78, 5) is 9.07. The number of benzene rings is 1. The van der Waals surface area contributed by atoms with Gasteiger partial charge in [-0.15, -0.1) is 0 Å². The summed E-state index contributed by atoms with van der Waals surface area (Å²) < 4.78 is 7.03. The SMILES string of the molecule is CCCCOc1cc2sc(NC)nc2c2cccnc12. The summed E-state index contributed by atoms with van der Waals surface area (Å²) in [5.41, 5.74) is 1.88. The quantitative estimate of drug-likeness (QED) is 0.719. The third-order valence-corrected chi connectivity index (χ3v) is 4.20. The van der Waals surface area contributed by atoms with Crippen LogP contribution in [0.3, 0.4) is 0 Å². The highest BCUT2D eigenvalue weighted by atomic mass is 32.1. The number of aromatic nitrogens is 2. The smallest absolute Gasteiger partial charge is 0.183 e. The molecule has 0 fully saturated rings. The minimum Gasteiger partial charge on any atom is -0.491 e. The van der Waals surface area contributed by atoms with E-state index in [0.717, 1.165) is 51.4 Å². The van der Waals surface area contributed by atoms with Crippen LogP contribution in [-0.4, -0.2) is 23.6 Å². The van der Waals surface area contributed by atoms with E-state index in [-0.39, 0.29) is 0 Å². The molecule has 0 saturated heterocycles. The first-order chi connectivity index (χ1) is 9.83. The Kier molecular flexibility index (Phi) is 3.69. The van der Waals surface area contributed by atoms with Gasteiger partial charge < -0.3 is 10.1 Å². The zero-order chi connectivity index (χ0) is 13.9. The molecule has 1 aromatic carbocycles. The van der Waals surface area contributed by atoms with E-state index in [0.29, 0.717) is 0 Å². The Morgan fingerprint density at radius 2 is 2.25 bits per heavy atom. The lowest BCUT2D eigenvalue weighted by molar-refractivity contribution is 0.313. The molecule has 0 spiro atoms. The molecule has 0 aliphatic rings. The third-order valence-electron chi connectivity index (χ3n) is 3.18.